The van der Waals surface area contributed by atoms with Crippen LogP contribution in [0.25, 0.3) is 0 Å². The quantitative estimate of drug-likeness (QED) is 0.885. The Bertz CT molecular complexity index is 576. The summed E-state index contributed by atoms with van der Waals surface area (Å²) < 4.78 is 23.9. The van der Waals surface area contributed by atoms with Crippen molar-refractivity contribution in [2.45, 2.75) is 18.6 Å². The predicted octanol–water partition coefficient (Wildman–Crippen LogP) is 1.67. The maximum atomic E-state index is 11.9. The van der Waals surface area contributed by atoms with E-state index in [1.54, 1.807) is 19.1 Å². The van der Waals surface area contributed by atoms with E-state index in [1.165, 1.54) is 6.26 Å². The maximum Gasteiger partial charge on any atom is 0.307 e. The molecule has 0 bridgehead atoms. The van der Waals surface area contributed by atoms with Gasteiger partial charge in [-0.15, -0.1) is 0 Å². The maximum absolute atomic E-state index is 11.9. The number of rotatable bonds is 2. The molecule has 0 fully saturated rings. The zero-order valence-electron chi connectivity index (χ0n) is 10.3. The summed E-state index contributed by atoms with van der Waals surface area (Å²) in [7, 11) is -3.32. The minimum Gasteiger partial charge on any atom is -0.481 e. The van der Waals surface area contributed by atoms with Gasteiger partial charge in [0.15, 0.2) is 9.84 Å². The lowest BCUT2D eigenvalue weighted by Gasteiger charge is -2.34. The second-order valence-corrected chi connectivity index (χ2v) is 7.12. The first-order valence-electron chi connectivity index (χ1n) is 5.82. The Hall–Kier alpha value is -1.36. The number of carboxylic acids is 1. The monoisotopic (exact) mass is 268 g/mol. The molecule has 0 aliphatic heterocycles. The van der Waals surface area contributed by atoms with Crippen molar-refractivity contribution in [3.63, 3.8) is 0 Å². The SMILES string of the molecule is C[C@H]1C(S(C)(=O)=O)c2ccccc2C[C@H]1C(=O)O. The Kier molecular flexibility index (Phi) is 3.19. The number of sulfone groups is 1. The summed E-state index contributed by atoms with van der Waals surface area (Å²) in [5.41, 5.74) is 1.59. The molecule has 1 aliphatic rings. The van der Waals surface area contributed by atoms with Gasteiger partial charge in [-0.1, -0.05) is 31.2 Å². The van der Waals surface area contributed by atoms with Crippen LogP contribution in [-0.4, -0.2) is 25.7 Å². The molecule has 18 heavy (non-hydrogen) atoms. The third-order valence-electron chi connectivity index (χ3n) is 3.69. The van der Waals surface area contributed by atoms with Gasteiger partial charge >= 0.3 is 5.97 Å². The molecule has 0 heterocycles. The number of carbonyl (C=O) groups is 1. The average Bonchev–Trinajstić information content (AvgIpc) is 2.25. The van der Waals surface area contributed by atoms with E-state index in [0.29, 0.717) is 6.42 Å². The fraction of sp³-hybridized carbons (Fsp3) is 0.462. The summed E-state index contributed by atoms with van der Waals surface area (Å²) in [5, 5.41) is 8.50. The van der Waals surface area contributed by atoms with Crippen LogP contribution in [0.3, 0.4) is 0 Å². The van der Waals surface area contributed by atoms with Crippen LogP contribution in [0, 0.1) is 11.8 Å². The molecule has 0 saturated heterocycles. The summed E-state index contributed by atoms with van der Waals surface area (Å²) in [6.07, 6.45) is 1.58. The van der Waals surface area contributed by atoms with Crippen LogP contribution in [0.5, 0.6) is 0 Å². The zero-order valence-corrected chi connectivity index (χ0v) is 11.1. The van der Waals surface area contributed by atoms with Crippen LogP contribution in [0.4, 0.5) is 0 Å². The molecule has 5 heteroatoms. The molecule has 0 amide bonds. The molecule has 3 atom stereocenters. The standard InChI is InChI=1S/C13H16O4S/c1-8-11(13(14)15)7-9-5-3-4-6-10(9)12(8)18(2,16)17/h3-6,8,11-12H,7H2,1-2H3,(H,14,15)/t8-,11-,12?/m1/s1. The van der Waals surface area contributed by atoms with Crippen LogP contribution in [0.2, 0.25) is 0 Å². The molecule has 2 rings (SSSR count). The van der Waals surface area contributed by atoms with E-state index in [9.17, 15) is 18.3 Å². The third-order valence-corrected chi connectivity index (χ3v) is 5.30. The van der Waals surface area contributed by atoms with Crippen LogP contribution in [0.1, 0.15) is 23.3 Å². The smallest absolute Gasteiger partial charge is 0.307 e. The topological polar surface area (TPSA) is 71.4 Å². The van der Waals surface area contributed by atoms with E-state index >= 15 is 0 Å². The second-order valence-electron chi connectivity index (χ2n) is 4.96. The van der Waals surface area contributed by atoms with Gasteiger partial charge in [-0.05, 0) is 23.5 Å². The van der Waals surface area contributed by atoms with Crippen LogP contribution < -0.4 is 0 Å². The van der Waals surface area contributed by atoms with E-state index in [1.807, 2.05) is 12.1 Å². The van der Waals surface area contributed by atoms with Crippen molar-refractivity contribution in [3.8, 4) is 0 Å². The number of carboxylic acid groups (broad SMARTS) is 1. The van der Waals surface area contributed by atoms with Gasteiger partial charge in [0.1, 0.15) is 0 Å². The van der Waals surface area contributed by atoms with Gasteiger partial charge in [0.25, 0.3) is 0 Å². The van der Waals surface area contributed by atoms with Gasteiger partial charge in [0.05, 0.1) is 11.2 Å². The Morgan fingerprint density at radius 1 is 1.33 bits per heavy atom. The normalized spacial score (nSPS) is 27.6. The lowest BCUT2D eigenvalue weighted by Crippen LogP contribution is -2.36. The van der Waals surface area contributed by atoms with Gasteiger partial charge in [0.2, 0.25) is 0 Å². The van der Waals surface area contributed by atoms with Crippen LogP contribution >= 0.6 is 0 Å². The molecule has 0 spiro atoms. The largest absolute Gasteiger partial charge is 0.481 e. The summed E-state index contributed by atoms with van der Waals surface area (Å²) in [6, 6.07) is 7.21. The molecule has 0 radical (unpaired) electrons. The predicted molar refractivity (Wildman–Crippen MR) is 68.0 cm³/mol. The van der Waals surface area contributed by atoms with Crippen molar-refractivity contribution < 1.29 is 18.3 Å². The van der Waals surface area contributed by atoms with E-state index in [0.717, 1.165) is 11.1 Å². The number of fused-ring (bicyclic) bond motifs is 1. The summed E-state index contributed by atoms with van der Waals surface area (Å²) in [4.78, 5) is 11.3. The van der Waals surface area contributed by atoms with Crippen molar-refractivity contribution in [2.24, 2.45) is 11.8 Å². The minimum atomic E-state index is -3.32. The van der Waals surface area contributed by atoms with Crippen LogP contribution in [0.15, 0.2) is 24.3 Å². The molecule has 1 aromatic rings. The Morgan fingerprint density at radius 2 is 1.94 bits per heavy atom. The average molecular weight is 268 g/mol. The fourth-order valence-corrected chi connectivity index (χ4v) is 4.51. The van der Waals surface area contributed by atoms with Gasteiger partial charge in [0, 0.05) is 6.26 Å². The van der Waals surface area contributed by atoms with Crippen molar-refractivity contribution in [3.05, 3.63) is 35.4 Å². The number of hydrogen-bond acceptors (Lipinski definition) is 3. The molecule has 1 aliphatic carbocycles. The Balaban J connectivity index is 2.60. The van der Waals surface area contributed by atoms with Crippen molar-refractivity contribution >= 4 is 15.8 Å². The van der Waals surface area contributed by atoms with Gasteiger partial charge in [-0.25, -0.2) is 8.42 Å². The molecule has 1 N–H and O–H groups in total. The summed E-state index contributed by atoms with van der Waals surface area (Å²) in [5.74, 6) is -1.97. The molecular formula is C13H16O4S. The van der Waals surface area contributed by atoms with Crippen molar-refractivity contribution in [2.75, 3.05) is 6.26 Å². The van der Waals surface area contributed by atoms with E-state index in [-0.39, 0.29) is 0 Å². The molecule has 1 aromatic carbocycles. The highest BCUT2D eigenvalue weighted by molar-refractivity contribution is 7.90. The van der Waals surface area contributed by atoms with E-state index < -0.39 is 32.9 Å². The second kappa shape index (κ2) is 4.39. The van der Waals surface area contributed by atoms with Gasteiger partial charge < -0.3 is 5.11 Å². The van der Waals surface area contributed by atoms with Gasteiger partial charge in [-0.3, -0.25) is 4.79 Å². The molecule has 1 unspecified atom stereocenters. The Labute approximate surface area is 107 Å². The highest BCUT2D eigenvalue weighted by Crippen LogP contribution is 2.42. The van der Waals surface area contributed by atoms with Crippen LogP contribution in [-0.2, 0) is 21.1 Å². The molecule has 0 saturated carbocycles. The number of benzene rings is 1. The minimum absolute atomic E-state index is 0.401. The highest BCUT2D eigenvalue weighted by atomic mass is 32.2. The number of aliphatic carboxylic acids is 1. The Morgan fingerprint density at radius 3 is 2.50 bits per heavy atom. The van der Waals surface area contributed by atoms with E-state index in [4.69, 9.17) is 0 Å². The van der Waals surface area contributed by atoms with E-state index in [2.05, 4.69) is 0 Å². The van der Waals surface area contributed by atoms with Crippen molar-refractivity contribution in [1.29, 1.82) is 0 Å². The summed E-state index contributed by atoms with van der Waals surface area (Å²) in [6.45, 7) is 1.71. The van der Waals surface area contributed by atoms with Crippen molar-refractivity contribution in [1.82, 2.24) is 0 Å². The third kappa shape index (κ3) is 2.14. The first-order valence-corrected chi connectivity index (χ1v) is 7.77. The van der Waals surface area contributed by atoms with Gasteiger partial charge in [-0.2, -0.15) is 0 Å². The fourth-order valence-electron chi connectivity index (χ4n) is 2.85. The lowest BCUT2D eigenvalue weighted by molar-refractivity contribution is -0.143. The number of hydrogen-bond donors (Lipinski definition) is 1. The molecular weight excluding hydrogens is 252 g/mol. The lowest BCUT2D eigenvalue weighted by atomic mass is 9.76. The highest BCUT2D eigenvalue weighted by Gasteiger charge is 2.42. The molecule has 0 aromatic heterocycles. The first-order chi connectivity index (χ1) is 8.32. The molecule has 98 valence electrons. The molecule has 4 nitrogen and oxygen atoms in total. The summed E-state index contributed by atoms with van der Waals surface area (Å²) >= 11 is 0. The first kappa shape index (κ1) is 13.1. The zero-order chi connectivity index (χ0) is 13.5.